The Morgan fingerprint density at radius 1 is 0.967 bits per heavy atom. The smallest absolute Gasteiger partial charge is 0.171 e. The number of fused-ring (bicyclic) bond motifs is 3. The Morgan fingerprint density at radius 2 is 1.90 bits per heavy atom. The summed E-state index contributed by atoms with van der Waals surface area (Å²) in [7, 11) is 0. The Bertz CT molecular complexity index is 1310. The van der Waals surface area contributed by atoms with Crippen LogP contribution in [-0.2, 0) is 11.3 Å². The standard InChI is InChI=1S/C23H18N6O/c1-2-5-16(6-3-1)21-14-30-15-23-27-18-8-7-17(11-20(18)29(21)23)19-12-25-22(13-24-19)28-10-4-9-26-28/h1-13,21H,14-15H2. The summed E-state index contributed by atoms with van der Waals surface area (Å²) in [4.78, 5) is 13.9. The number of rotatable bonds is 3. The lowest BCUT2D eigenvalue weighted by Crippen LogP contribution is -2.24. The van der Waals surface area contributed by atoms with Crippen LogP contribution in [0.4, 0.5) is 0 Å². The zero-order valence-corrected chi connectivity index (χ0v) is 16.1. The number of hydrogen-bond donors (Lipinski definition) is 0. The lowest BCUT2D eigenvalue weighted by atomic mass is 10.1. The van der Waals surface area contributed by atoms with Gasteiger partial charge in [0.2, 0.25) is 0 Å². The predicted octanol–water partition coefficient (Wildman–Crippen LogP) is 3.80. The molecule has 6 rings (SSSR count). The van der Waals surface area contributed by atoms with Gasteiger partial charge >= 0.3 is 0 Å². The molecule has 0 fully saturated rings. The van der Waals surface area contributed by atoms with Crippen LogP contribution < -0.4 is 0 Å². The zero-order valence-electron chi connectivity index (χ0n) is 16.1. The molecule has 1 aliphatic rings. The number of nitrogens with zero attached hydrogens (tertiary/aromatic N) is 6. The first kappa shape index (κ1) is 17.1. The highest BCUT2D eigenvalue weighted by Crippen LogP contribution is 2.32. The van der Waals surface area contributed by atoms with Crippen molar-refractivity contribution in [1.29, 1.82) is 0 Å². The fourth-order valence-electron chi connectivity index (χ4n) is 4.00. The van der Waals surface area contributed by atoms with E-state index < -0.39 is 0 Å². The molecule has 3 aromatic heterocycles. The maximum atomic E-state index is 5.84. The van der Waals surface area contributed by atoms with Crippen molar-refractivity contribution in [1.82, 2.24) is 29.3 Å². The molecule has 0 N–H and O–H groups in total. The molecule has 1 atom stereocenters. The van der Waals surface area contributed by atoms with Gasteiger partial charge in [0.1, 0.15) is 12.4 Å². The third-order valence-corrected chi connectivity index (χ3v) is 5.44. The third kappa shape index (κ3) is 2.79. The Labute approximate surface area is 172 Å². The molecular weight excluding hydrogens is 376 g/mol. The van der Waals surface area contributed by atoms with E-state index in [0.717, 1.165) is 28.1 Å². The molecule has 0 spiro atoms. The largest absolute Gasteiger partial charge is 0.371 e. The summed E-state index contributed by atoms with van der Waals surface area (Å²) in [6.45, 7) is 1.15. The summed E-state index contributed by atoms with van der Waals surface area (Å²) in [5.41, 5.74) is 5.07. The van der Waals surface area contributed by atoms with Gasteiger partial charge in [0.25, 0.3) is 0 Å². The summed E-state index contributed by atoms with van der Waals surface area (Å²) in [5, 5.41) is 4.20. The van der Waals surface area contributed by atoms with Crippen LogP contribution >= 0.6 is 0 Å². The molecule has 0 aliphatic carbocycles. The van der Waals surface area contributed by atoms with E-state index in [1.165, 1.54) is 5.56 Å². The molecule has 2 aromatic carbocycles. The van der Waals surface area contributed by atoms with Gasteiger partial charge in [0.05, 0.1) is 41.8 Å². The van der Waals surface area contributed by atoms with E-state index in [4.69, 9.17) is 9.72 Å². The van der Waals surface area contributed by atoms with Crippen molar-refractivity contribution >= 4 is 11.0 Å². The van der Waals surface area contributed by atoms with Gasteiger partial charge in [-0.3, -0.25) is 4.98 Å². The Balaban J connectivity index is 1.44. The summed E-state index contributed by atoms with van der Waals surface area (Å²) < 4.78 is 9.83. The molecule has 0 saturated carbocycles. The minimum absolute atomic E-state index is 0.100. The predicted molar refractivity (Wildman–Crippen MR) is 112 cm³/mol. The van der Waals surface area contributed by atoms with Crippen molar-refractivity contribution in [3.05, 3.63) is 90.8 Å². The van der Waals surface area contributed by atoms with E-state index in [1.807, 2.05) is 30.5 Å². The lowest BCUT2D eigenvalue weighted by molar-refractivity contribution is 0.0679. The van der Waals surface area contributed by atoms with Gasteiger partial charge in [0, 0.05) is 18.0 Å². The Kier molecular flexibility index (Phi) is 3.92. The van der Waals surface area contributed by atoms with Crippen LogP contribution in [0.1, 0.15) is 17.4 Å². The van der Waals surface area contributed by atoms with Gasteiger partial charge in [-0.2, -0.15) is 5.10 Å². The second kappa shape index (κ2) is 6.89. The molecule has 0 amide bonds. The van der Waals surface area contributed by atoms with Crippen LogP contribution in [0.3, 0.4) is 0 Å². The third-order valence-electron chi connectivity index (χ3n) is 5.44. The number of aromatic nitrogens is 6. The van der Waals surface area contributed by atoms with Crippen LogP contribution in [0, 0.1) is 0 Å². The molecule has 0 radical (unpaired) electrons. The molecule has 30 heavy (non-hydrogen) atoms. The van der Waals surface area contributed by atoms with Gasteiger partial charge in [-0.05, 0) is 23.8 Å². The van der Waals surface area contributed by atoms with Crippen molar-refractivity contribution in [2.45, 2.75) is 12.6 Å². The van der Waals surface area contributed by atoms with Gasteiger partial charge in [0.15, 0.2) is 5.82 Å². The number of benzene rings is 2. The molecule has 7 heteroatoms. The molecule has 0 bridgehead atoms. The summed E-state index contributed by atoms with van der Waals surface area (Å²) >= 11 is 0. The summed E-state index contributed by atoms with van der Waals surface area (Å²) in [6, 6.07) is 18.6. The Morgan fingerprint density at radius 3 is 2.70 bits per heavy atom. The average molecular weight is 394 g/mol. The first-order chi connectivity index (χ1) is 14.9. The van der Waals surface area contributed by atoms with Gasteiger partial charge in [-0.1, -0.05) is 36.4 Å². The lowest BCUT2D eigenvalue weighted by Gasteiger charge is -2.26. The molecule has 5 aromatic rings. The van der Waals surface area contributed by atoms with Crippen LogP contribution in [0.25, 0.3) is 28.1 Å². The quantitative estimate of drug-likeness (QED) is 0.466. The second-order valence-electron chi connectivity index (χ2n) is 7.25. The van der Waals surface area contributed by atoms with Gasteiger partial charge < -0.3 is 9.30 Å². The highest BCUT2D eigenvalue weighted by molar-refractivity contribution is 5.82. The second-order valence-corrected chi connectivity index (χ2v) is 7.25. The normalized spacial score (nSPS) is 15.9. The number of imidazole rings is 1. The molecule has 1 aliphatic heterocycles. The van der Waals surface area contributed by atoms with Crippen molar-refractivity contribution in [2.75, 3.05) is 6.61 Å². The SMILES string of the molecule is c1ccc(C2COCc3nc4ccc(-c5cnc(-n6cccn6)cn5)cc4n32)cc1. The van der Waals surface area contributed by atoms with E-state index in [0.29, 0.717) is 19.0 Å². The van der Waals surface area contributed by atoms with E-state index in [2.05, 4.69) is 50.0 Å². The van der Waals surface area contributed by atoms with Crippen molar-refractivity contribution in [3.8, 4) is 17.1 Å². The minimum atomic E-state index is 0.100. The maximum absolute atomic E-state index is 5.84. The van der Waals surface area contributed by atoms with E-state index >= 15 is 0 Å². The first-order valence-corrected chi connectivity index (χ1v) is 9.83. The van der Waals surface area contributed by atoms with Crippen molar-refractivity contribution in [3.63, 3.8) is 0 Å². The summed E-state index contributed by atoms with van der Waals surface area (Å²) in [5.74, 6) is 1.63. The van der Waals surface area contributed by atoms with Crippen LogP contribution in [0.15, 0.2) is 79.4 Å². The number of hydrogen-bond acceptors (Lipinski definition) is 5. The Hall–Kier alpha value is -3.84. The molecular formula is C23H18N6O. The van der Waals surface area contributed by atoms with Crippen LogP contribution in [0.5, 0.6) is 0 Å². The zero-order chi connectivity index (χ0) is 19.9. The maximum Gasteiger partial charge on any atom is 0.171 e. The van der Waals surface area contributed by atoms with Gasteiger partial charge in [-0.25, -0.2) is 14.6 Å². The monoisotopic (exact) mass is 394 g/mol. The van der Waals surface area contributed by atoms with Crippen molar-refractivity contribution < 1.29 is 4.74 Å². The van der Waals surface area contributed by atoms with Crippen LogP contribution in [0.2, 0.25) is 0 Å². The number of ether oxygens (including phenoxy) is 1. The molecule has 7 nitrogen and oxygen atoms in total. The molecule has 4 heterocycles. The highest BCUT2D eigenvalue weighted by atomic mass is 16.5. The molecule has 1 unspecified atom stereocenters. The topological polar surface area (TPSA) is 70.7 Å². The molecule has 146 valence electrons. The minimum Gasteiger partial charge on any atom is -0.371 e. The highest BCUT2D eigenvalue weighted by Gasteiger charge is 2.25. The fraction of sp³-hybridized carbons (Fsp3) is 0.130. The van der Waals surface area contributed by atoms with E-state index in [1.54, 1.807) is 23.3 Å². The molecule has 0 saturated heterocycles. The summed E-state index contributed by atoms with van der Waals surface area (Å²) in [6.07, 6.45) is 7.09. The average Bonchev–Trinajstić information content (AvgIpc) is 3.47. The van der Waals surface area contributed by atoms with Crippen LogP contribution in [-0.4, -0.2) is 35.9 Å². The van der Waals surface area contributed by atoms with E-state index in [-0.39, 0.29) is 6.04 Å². The fourth-order valence-corrected chi connectivity index (χ4v) is 4.00. The first-order valence-electron chi connectivity index (χ1n) is 9.83. The van der Waals surface area contributed by atoms with E-state index in [9.17, 15) is 0 Å². The van der Waals surface area contributed by atoms with Gasteiger partial charge in [-0.15, -0.1) is 0 Å². The van der Waals surface area contributed by atoms with Crippen molar-refractivity contribution in [2.24, 2.45) is 0 Å².